The predicted molar refractivity (Wildman–Crippen MR) is 89.3 cm³/mol. The van der Waals surface area contributed by atoms with Gasteiger partial charge in [0.25, 0.3) is 0 Å². The summed E-state index contributed by atoms with van der Waals surface area (Å²) in [5.74, 6) is 0.00928. The largest absolute Gasteiger partial charge is 0.390 e. The molecule has 0 aliphatic carbocycles. The van der Waals surface area contributed by atoms with E-state index in [-0.39, 0.29) is 5.91 Å². The van der Waals surface area contributed by atoms with Gasteiger partial charge >= 0.3 is 0 Å². The predicted octanol–water partition coefficient (Wildman–Crippen LogP) is -0.364. The summed E-state index contributed by atoms with van der Waals surface area (Å²) in [5.41, 5.74) is 2.75. The van der Waals surface area contributed by atoms with Crippen LogP contribution in [-0.2, 0) is 11.2 Å². The zero-order valence-electron chi connectivity index (χ0n) is 14.7. The molecule has 2 heterocycles. The van der Waals surface area contributed by atoms with Crippen LogP contribution in [0.2, 0.25) is 0 Å². The second kappa shape index (κ2) is 7.90. The molecule has 1 fully saturated rings. The SMILES string of the molecule is Cc1n[nH]c(C)c1CC(=O)N(C)CC(O)CN1CCN(C)CC1. The number of aryl methyl sites for hydroxylation is 2. The van der Waals surface area contributed by atoms with Crippen molar-refractivity contribution in [3.8, 4) is 0 Å². The lowest BCUT2D eigenvalue weighted by atomic mass is 10.1. The second-order valence-corrected chi connectivity index (χ2v) is 6.62. The highest BCUT2D eigenvalue weighted by atomic mass is 16.3. The van der Waals surface area contributed by atoms with Crippen LogP contribution in [0.25, 0.3) is 0 Å². The summed E-state index contributed by atoms with van der Waals surface area (Å²) in [6, 6.07) is 0. The molecule has 0 radical (unpaired) electrons. The Labute approximate surface area is 138 Å². The summed E-state index contributed by atoms with van der Waals surface area (Å²) in [7, 11) is 3.86. The van der Waals surface area contributed by atoms with E-state index in [1.165, 1.54) is 0 Å². The van der Waals surface area contributed by atoms with E-state index in [9.17, 15) is 9.90 Å². The van der Waals surface area contributed by atoms with Crippen molar-refractivity contribution < 1.29 is 9.90 Å². The third-order valence-corrected chi connectivity index (χ3v) is 4.58. The number of β-amino-alcohol motifs (C(OH)–C–C–N with tert-alkyl or cyclic N) is 1. The molecule has 1 unspecified atom stereocenters. The van der Waals surface area contributed by atoms with Crippen LogP contribution in [0.5, 0.6) is 0 Å². The highest BCUT2D eigenvalue weighted by Gasteiger charge is 2.20. The molecule has 2 N–H and O–H groups in total. The Bertz CT molecular complexity index is 503. The van der Waals surface area contributed by atoms with Gasteiger partial charge in [-0.15, -0.1) is 0 Å². The Morgan fingerprint density at radius 3 is 2.57 bits per heavy atom. The van der Waals surface area contributed by atoms with Gasteiger partial charge in [-0.05, 0) is 20.9 Å². The van der Waals surface area contributed by atoms with Crippen LogP contribution in [0.4, 0.5) is 0 Å². The molecule has 1 aliphatic heterocycles. The summed E-state index contributed by atoms with van der Waals surface area (Å²) in [5, 5.41) is 17.3. The summed E-state index contributed by atoms with van der Waals surface area (Å²) in [6.45, 7) is 8.80. The van der Waals surface area contributed by atoms with E-state index in [0.29, 0.717) is 19.5 Å². The number of aliphatic hydroxyl groups excluding tert-OH is 1. The van der Waals surface area contributed by atoms with E-state index in [1.54, 1.807) is 11.9 Å². The van der Waals surface area contributed by atoms with Crippen molar-refractivity contribution in [2.75, 3.05) is 53.4 Å². The number of piperazine rings is 1. The fraction of sp³-hybridized carbons (Fsp3) is 0.750. The molecule has 0 saturated carbocycles. The van der Waals surface area contributed by atoms with Crippen LogP contribution >= 0.6 is 0 Å². The fourth-order valence-corrected chi connectivity index (χ4v) is 2.92. The third-order valence-electron chi connectivity index (χ3n) is 4.58. The molecule has 2 rings (SSSR count). The number of H-pyrrole nitrogens is 1. The maximum absolute atomic E-state index is 12.3. The lowest BCUT2D eigenvalue weighted by Crippen LogP contribution is -2.49. The van der Waals surface area contributed by atoms with Gasteiger partial charge in [0.15, 0.2) is 0 Å². The molecule has 7 nitrogen and oxygen atoms in total. The number of nitrogens with one attached hydrogen (secondary N) is 1. The molecule has 1 aromatic rings. The minimum atomic E-state index is -0.515. The van der Waals surface area contributed by atoms with E-state index in [1.807, 2.05) is 13.8 Å². The number of carbonyl (C=O) groups is 1. The zero-order valence-corrected chi connectivity index (χ0v) is 14.7. The first-order chi connectivity index (χ1) is 10.9. The molecule has 0 aromatic carbocycles. The van der Waals surface area contributed by atoms with Crippen molar-refractivity contribution in [3.63, 3.8) is 0 Å². The normalized spacial score (nSPS) is 18.1. The first kappa shape index (κ1) is 17.9. The Hall–Kier alpha value is -1.44. The molecule has 23 heavy (non-hydrogen) atoms. The van der Waals surface area contributed by atoms with E-state index < -0.39 is 6.10 Å². The molecule has 1 amide bonds. The van der Waals surface area contributed by atoms with Crippen molar-refractivity contribution in [2.45, 2.75) is 26.4 Å². The highest BCUT2D eigenvalue weighted by Crippen LogP contribution is 2.11. The van der Waals surface area contributed by atoms with Crippen LogP contribution in [0.1, 0.15) is 17.0 Å². The summed E-state index contributed by atoms with van der Waals surface area (Å²) in [4.78, 5) is 18.5. The highest BCUT2D eigenvalue weighted by molar-refractivity contribution is 5.79. The standard InChI is InChI=1S/C16H29N5O2/c1-12-15(13(2)18-17-12)9-16(23)20(4)10-14(22)11-21-7-5-19(3)6-8-21/h14,22H,5-11H2,1-4H3,(H,17,18). The number of carbonyl (C=O) groups excluding carboxylic acids is 1. The number of aliphatic hydroxyl groups is 1. The Kier molecular flexibility index (Phi) is 6.15. The van der Waals surface area contributed by atoms with Gasteiger partial charge in [-0.2, -0.15) is 5.10 Å². The molecular weight excluding hydrogens is 294 g/mol. The third kappa shape index (κ3) is 5.02. The average molecular weight is 323 g/mol. The van der Waals surface area contributed by atoms with E-state index in [2.05, 4.69) is 27.0 Å². The van der Waals surface area contributed by atoms with Crippen molar-refractivity contribution in [2.24, 2.45) is 0 Å². The Morgan fingerprint density at radius 2 is 2.00 bits per heavy atom. The van der Waals surface area contributed by atoms with Crippen LogP contribution in [0.3, 0.4) is 0 Å². The monoisotopic (exact) mass is 323 g/mol. The molecular formula is C16H29N5O2. The van der Waals surface area contributed by atoms with Gasteiger partial charge in [-0.25, -0.2) is 0 Å². The molecule has 0 spiro atoms. The molecule has 130 valence electrons. The molecule has 1 saturated heterocycles. The minimum Gasteiger partial charge on any atom is -0.390 e. The van der Waals surface area contributed by atoms with Crippen LogP contribution in [0, 0.1) is 13.8 Å². The number of hydrogen-bond acceptors (Lipinski definition) is 5. The Balaban J connectivity index is 1.78. The lowest BCUT2D eigenvalue weighted by Gasteiger charge is -2.34. The molecule has 1 aromatic heterocycles. The van der Waals surface area contributed by atoms with Gasteiger partial charge in [0.2, 0.25) is 5.91 Å². The summed E-state index contributed by atoms with van der Waals surface area (Å²) >= 11 is 0. The smallest absolute Gasteiger partial charge is 0.226 e. The van der Waals surface area contributed by atoms with Gasteiger partial charge in [0, 0.05) is 57.6 Å². The zero-order chi connectivity index (χ0) is 17.0. The lowest BCUT2D eigenvalue weighted by molar-refractivity contribution is -0.130. The van der Waals surface area contributed by atoms with E-state index in [4.69, 9.17) is 0 Å². The first-order valence-electron chi connectivity index (χ1n) is 8.20. The topological polar surface area (TPSA) is 75.7 Å². The minimum absolute atomic E-state index is 0.00928. The van der Waals surface area contributed by atoms with Gasteiger partial charge in [-0.3, -0.25) is 14.8 Å². The number of aromatic nitrogens is 2. The van der Waals surface area contributed by atoms with Gasteiger partial charge in [0.1, 0.15) is 0 Å². The number of amides is 1. The first-order valence-corrected chi connectivity index (χ1v) is 8.20. The van der Waals surface area contributed by atoms with Gasteiger partial charge in [-0.1, -0.05) is 0 Å². The summed E-state index contributed by atoms with van der Waals surface area (Å²) in [6.07, 6.45) is -0.190. The number of likely N-dealkylation sites (N-methyl/N-ethyl adjacent to an activating group) is 2. The van der Waals surface area contributed by atoms with Crippen molar-refractivity contribution in [3.05, 3.63) is 17.0 Å². The fourth-order valence-electron chi connectivity index (χ4n) is 2.92. The molecule has 1 atom stereocenters. The maximum Gasteiger partial charge on any atom is 0.226 e. The van der Waals surface area contributed by atoms with Crippen molar-refractivity contribution >= 4 is 5.91 Å². The number of rotatable bonds is 6. The molecule has 7 heteroatoms. The average Bonchev–Trinajstić information content (AvgIpc) is 2.81. The van der Waals surface area contributed by atoms with Crippen molar-refractivity contribution in [1.82, 2.24) is 24.9 Å². The van der Waals surface area contributed by atoms with Crippen LogP contribution in [-0.4, -0.2) is 95.4 Å². The Morgan fingerprint density at radius 1 is 1.35 bits per heavy atom. The second-order valence-electron chi connectivity index (χ2n) is 6.62. The number of aromatic amines is 1. The summed E-state index contributed by atoms with van der Waals surface area (Å²) < 4.78 is 0. The molecule has 0 bridgehead atoms. The van der Waals surface area contributed by atoms with Crippen LogP contribution in [0.15, 0.2) is 0 Å². The van der Waals surface area contributed by atoms with E-state index >= 15 is 0 Å². The van der Waals surface area contributed by atoms with Gasteiger partial charge in [0.05, 0.1) is 18.2 Å². The number of nitrogens with zero attached hydrogens (tertiary/aromatic N) is 4. The van der Waals surface area contributed by atoms with E-state index in [0.717, 1.165) is 43.1 Å². The number of hydrogen-bond donors (Lipinski definition) is 2. The van der Waals surface area contributed by atoms with Gasteiger partial charge < -0.3 is 14.9 Å². The quantitative estimate of drug-likeness (QED) is 0.747. The van der Waals surface area contributed by atoms with Crippen molar-refractivity contribution in [1.29, 1.82) is 0 Å². The van der Waals surface area contributed by atoms with Crippen LogP contribution < -0.4 is 0 Å². The molecule has 1 aliphatic rings. The maximum atomic E-state index is 12.3.